The van der Waals surface area contributed by atoms with Gasteiger partial charge in [-0.25, -0.2) is 0 Å². The van der Waals surface area contributed by atoms with E-state index in [0.717, 1.165) is 23.4 Å². The van der Waals surface area contributed by atoms with Crippen LogP contribution in [0.25, 0.3) is 0 Å². The summed E-state index contributed by atoms with van der Waals surface area (Å²) in [7, 11) is 1.59. The second-order valence-corrected chi connectivity index (χ2v) is 8.21. The van der Waals surface area contributed by atoms with Gasteiger partial charge in [-0.3, -0.25) is 10.1 Å². The SMILES string of the molecule is COc1ccc(CSOC(=O)[N+]2(C(=O)OCc3ccc([N+](=O)[O-])cc3)CCC[C@H]2C)cc1. The molecule has 1 heterocycles. The Labute approximate surface area is 190 Å². The minimum atomic E-state index is -0.677. The highest BCUT2D eigenvalue weighted by Crippen LogP contribution is 2.32. The number of amides is 2. The topological polar surface area (TPSA) is 105 Å². The number of hydrogen-bond donors (Lipinski definition) is 0. The molecule has 1 fully saturated rings. The molecule has 3 rings (SSSR count). The summed E-state index contributed by atoms with van der Waals surface area (Å²) >= 11 is 0.974. The van der Waals surface area contributed by atoms with Gasteiger partial charge in [0.05, 0.1) is 29.8 Å². The third kappa shape index (κ3) is 5.20. The molecule has 2 amide bonds. The van der Waals surface area contributed by atoms with E-state index < -0.39 is 21.6 Å². The monoisotopic (exact) mass is 461 g/mol. The molecule has 9 nitrogen and oxygen atoms in total. The molecule has 1 aliphatic rings. The van der Waals surface area contributed by atoms with Crippen molar-refractivity contribution in [2.24, 2.45) is 0 Å². The molecule has 0 saturated carbocycles. The van der Waals surface area contributed by atoms with Gasteiger partial charge in [0.1, 0.15) is 24.9 Å². The maximum absolute atomic E-state index is 13.0. The molecule has 10 heteroatoms. The molecule has 0 bridgehead atoms. The van der Waals surface area contributed by atoms with Crippen molar-refractivity contribution in [3.8, 4) is 5.75 Å². The number of methoxy groups -OCH3 is 1. The summed E-state index contributed by atoms with van der Waals surface area (Å²) in [6.07, 6.45) is 0.0716. The van der Waals surface area contributed by atoms with Gasteiger partial charge < -0.3 is 13.7 Å². The zero-order chi connectivity index (χ0) is 23.1. The van der Waals surface area contributed by atoms with Crippen LogP contribution in [0.2, 0.25) is 0 Å². The van der Waals surface area contributed by atoms with E-state index in [1.165, 1.54) is 24.3 Å². The quantitative estimate of drug-likeness (QED) is 0.239. The number of nitro groups is 1. The second kappa shape index (κ2) is 10.5. The average molecular weight is 462 g/mol. The Hall–Kier alpha value is -3.11. The molecule has 0 aliphatic carbocycles. The van der Waals surface area contributed by atoms with Crippen molar-refractivity contribution in [2.45, 2.75) is 38.2 Å². The number of imide groups is 1. The van der Waals surface area contributed by atoms with E-state index in [4.69, 9.17) is 13.7 Å². The Morgan fingerprint density at radius 3 is 2.31 bits per heavy atom. The van der Waals surface area contributed by atoms with E-state index in [0.29, 0.717) is 30.7 Å². The molecule has 0 N–H and O–H groups in total. The highest BCUT2D eigenvalue weighted by molar-refractivity contribution is 7.94. The van der Waals surface area contributed by atoms with Gasteiger partial charge in [0.25, 0.3) is 5.69 Å². The van der Waals surface area contributed by atoms with E-state index >= 15 is 0 Å². The molecular formula is C22H25N2O7S+. The third-order valence-electron chi connectivity index (χ3n) is 5.56. The summed E-state index contributed by atoms with van der Waals surface area (Å²) in [4.78, 5) is 36.2. The van der Waals surface area contributed by atoms with Crippen molar-refractivity contribution in [3.05, 3.63) is 69.8 Å². The third-order valence-corrected chi connectivity index (χ3v) is 6.27. The number of carbonyl (C=O) groups is 2. The lowest BCUT2D eigenvalue weighted by molar-refractivity contribution is -0.794. The van der Waals surface area contributed by atoms with Crippen LogP contribution in [0.4, 0.5) is 15.3 Å². The van der Waals surface area contributed by atoms with Gasteiger partial charge in [0.15, 0.2) is 0 Å². The molecule has 2 aromatic carbocycles. The number of carbonyl (C=O) groups excluding carboxylic acids is 2. The van der Waals surface area contributed by atoms with Gasteiger partial charge >= 0.3 is 12.2 Å². The van der Waals surface area contributed by atoms with Crippen molar-refractivity contribution >= 4 is 29.9 Å². The minimum Gasteiger partial charge on any atom is -0.497 e. The smallest absolute Gasteiger partial charge is 0.497 e. The first-order valence-corrected chi connectivity index (χ1v) is 11.0. The Bertz CT molecular complexity index is 965. The lowest BCUT2D eigenvalue weighted by atomic mass is 10.2. The van der Waals surface area contributed by atoms with Crippen LogP contribution >= 0.6 is 12.0 Å². The summed E-state index contributed by atoms with van der Waals surface area (Å²) in [5.74, 6) is 1.17. The molecule has 1 aliphatic heterocycles. The van der Waals surface area contributed by atoms with Gasteiger partial charge in [0, 0.05) is 25.0 Å². The number of nitro benzene ring substituents is 1. The van der Waals surface area contributed by atoms with E-state index in [9.17, 15) is 19.7 Å². The standard InChI is InChI=1S/C22H25N2O7S/c1-16-4-3-13-24(16,21(25)30-14-17-5-9-19(10-6-17)23(27)28)22(26)31-32-15-18-7-11-20(29-2)12-8-18/h5-12,16H,3-4,13-15H2,1-2H3/q+1/t16-,24?/m1/s1. The maximum Gasteiger partial charge on any atom is 0.539 e. The molecular weight excluding hydrogens is 436 g/mol. The number of non-ortho nitro benzene ring substituents is 1. The largest absolute Gasteiger partial charge is 0.539 e. The Morgan fingerprint density at radius 2 is 1.75 bits per heavy atom. The molecule has 1 saturated heterocycles. The van der Waals surface area contributed by atoms with Crippen LogP contribution in [0.15, 0.2) is 48.5 Å². The summed E-state index contributed by atoms with van der Waals surface area (Å²) < 4.78 is 15.5. The summed E-state index contributed by atoms with van der Waals surface area (Å²) in [6, 6.07) is 12.9. The number of likely N-dealkylation sites (tertiary alicyclic amines) is 1. The minimum absolute atomic E-state index is 0.0470. The molecule has 2 atom stereocenters. The number of benzene rings is 2. The van der Waals surface area contributed by atoms with Crippen molar-refractivity contribution in [1.82, 2.24) is 0 Å². The first kappa shape index (κ1) is 23.6. The number of nitrogens with zero attached hydrogens (tertiary/aromatic N) is 2. The summed E-state index contributed by atoms with van der Waals surface area (Å²) in [5.41, 5.74) is 1.50. The molecule has 170 valence electrons. The Morgan fingerprint density at radius 1 is 1.09 bits per heavy atom. The van der Waals surface area contributed by atoms with Crippen molar-refractivity contribution in [2.75, 3.05) is 13.7 Å². The van der Waals surface area contributed by atoms with E-state index in [1.807, 2.05) is 31.2 Å². The van der Waals surface area contributed by atoms with Crippen molar-refractivity contribution in [1.29, 1.82) is 0 Å². The molecule has 2 aromatic rings. The number of ether oxygens (including phenoxy) is 2. The van der Waals surface area contributed by atoms with E-state index in [-0.39, 0.29) is 18.3 Å². The maximum atomic E-state index is 13.0. The lowest BCUT2D eigenvalue weighted by Crippen LogP contribution is -2.58. The fraction of sp³-hybridized carbons (Fsp3) is 0.364. The van der Waals surface area contributed by atoms with Crippen LogP contribution in [0.1, 0.15) is 30.9 Å². The van der Waals surface area contributed by atoms with Gasteiger partial charge in [-0.2, -0.15) is 9.59 Å². The summed E-state index contributed by atoms with van der Waals surface area (Å²) in [5, 5.41) is 10.8. The van der Waals surface area contributed by atoms with E-state index in [1.54, 1.807) is 7.11 Å². The number of quaternary nitrogens is 1. The molecule has 0 radical (unpaired) electrons. The number of rotatable bonds is 7. The highest BCUT2D eigenvalue weighted by atomic mass is 32.2. The molecule has 32 heavy (non-hydrogen) atoms. The predicted octanol–water partition coefficient (Wildman–Crippen LogP) is 5.22. The first-order chi connectivity index (χ1) is 15.4. The fourth-order valence-electron chi connectivity index (χ4n) is 3.60. The normalized spacial score (nSPS) is 19.9. The van der Waals surface area contributed by atoms with Crippen LogP contribution in [0.3, 0.4) is 0 Å². The van der Waals surface area contributed by atoms with Crippen LogP contribution in [-0.2, 0) is 21.3 Å². The molecule has 0 spiro atoms. The van der Waals surface area contributed by atoms with Gasteiger partial charge in [0.2, 0.25) is 0 Å². The van der Waals surface area contributed by atoms with Gasteiger partial charge in [-0.05, 0) is 42.3 Å². The van der Waals surface area contributed by atoms with E-state index in [2.05, 4.69) is 0 Å². The zero-order valence-corrected chi connectivity index (χ0v) is 18.7. The zero-order valence-electron chi connectivity index (χ0n) is 17.9. The highest BCUT2D eigenvalue weighted by Gasteiger charge is 2.56. The number of hydrogen-bond acceptors (Lipinski definition) is 8. The average Bonchev–Trinajstić information content (AvgIpc) is 3.20. The second-order valence-electron chi connectivity index (χ2n) is 7.52. The van der Waals surface area contributed by atoms with Crippen LogP contribution in [0, 0.1) is 10.1 Å². The predicted molar refractivity (Wildman–Crippen MR) is 118 cm³/mol. The lowest BCUT2D eigenvalue weighted by Gasteiger charge is -2.29. The fourth-order valence-corrected chi connectivity index (χ4v) is 4.23. The van der Waals surface area contributed by atoms with Gasteiger partial charge in [-0.15, -0.1) is 4.48 Å². The van der Waals surface area contributed by atoms with Crippen LogP contribution in [0.5, 0.6) is 5.75 Å². The molecule has 0 aromatic heterocycles. The van der Waals surface area contributed by atoms with Crippen molar-refractivity contribution < 1.29 is 32.7 Å². The Kier molecular flexibility index (Phi) is 7.70. The van der Waals surface area contributed by atoms with Crippen LogP contribution < -0.4 is 4.74 Å². The Balaban J connectivity index is 1.61. The van der Waals surface area contributed by atoms with Crippen molar-refractivity contribution in [3.63, 3.8) is 0 Å². The summed E-state index contributed by atoms with van der Waals surface area (Å²) in [6.45, 7) is 2.05. The molecule has 1 unspecified atom stereocenters. The van der Waals surface area contributed by atoms with Crippen LogP contribution in [-0.4, -0.2) is 41.3 Å². The first-order valence-electron chi connectivity index (χ1n) is 10.1. The van der Waals surface area contributed by atoms with Gasteiger partial charge in [-0.1, -0.05) is 12.1 Å².